The van der Waals surface area contributed by atoms with E-state index in [2.05, 4.69) is 191 Å². The molecule has 0 bridgehead atoms. The van der Waals surface area contributed by atoms with E-state index >= 15 is 0 Å². The Morgan fingerprint density at radius 2 is 0.889 bits per heavy atom. The van der Waals surface area contributed by atoms with E-state index in [1.165, 1.54) is 54.5 Å². The molecule has 0 saturated carbocycles. The maximum absolute atomic E-state index is 5.09. The van der Waals surface area contributed by atoms with Gasteiger partial charge < -0.3 is 4.57 Å². The molecule has 252 valence electrons. The third-order valence-electron chi connectivity index (χ3n) is 10.8. The molecule has 0 unspecified atom stereocenters. The van der Waals surface area contributed by atoms with E-state index in [1.54, 1.807) is 0 Å². The molecule has 54 heavy (non-hydrogen) atoms. The van der Waals surface area contributed by atoms with Crippen LogP contribution in [-0.4, -0.2) is 19.1 Å². The van der Waals surface area contributed by atoms with Crippen molar-refractivity contribution < 1.29 is 0 Å². The minimum absolute atomic E-state index is 0.639. The Bertz CT molecular complexity index is 3120. The number of fused-ring (bicyclic) bond motifs is 8. The topological polar surface area (TPSA) is 35.6 Å². The number of hydrogen-bond acceptors (Lipinski definition) is 2. The predicted octanol–water partition coefficient (Wildman–Crippen LogP) is 12.8. The summed E-state index contributed by atoms with van der Waals surface area (Å²) in [6, 6.07) is 65.0. The van der Waals surface area contributed by atoms with Crippen molar-refractivity contribution >= 4 is 54.4 Å². The Morgan fingerprint density at radius 1 is 0.333 bits per heavy atom. The molecule has 0 spiro atoms. The first kappa shape index (κ1) is 30.3. The normalized spacial score (nSPS) is 11.7. The molecule has 11 aromatic rings. The van der Waals surface area contributed by atoms with Gasteiger partial charge in [0.15, 0.2) is 0 Å². The van der Waals surface area contributed by atoms with Crippen molar-refractivity contribution in [2.75, 3.05) is 0 Å². The lowest BCUT2D eigenvalue weighted by Gasteiger charge is -2.12. The van der Waals surface area contributed by atoms with Crippen LogP contribution in [0.25, 0.3) is 99.4 Å². The third-order valence-corrected chi connectivity index (χ3v) is 10.8. The average molecular weight is 689 g/mol. The molecule has 11 rings (SSSR count). The maximum Gasteiger partial charge on any atom is 0.234 e. The van der Waals surface area contributed by atoms with Gasteiger partial charge in [0.1, 0.15) is 0 Å². The molecule has 4 nitrogen and oxygen atoms in total. The molecule has 0 aliphatic carbocycles. The predicted molar refractivity (Wildman–Crippen MR) is 225 cm³/mol. The van der Waals surface area contributed by atoms with Gasteiger partial charge in [0, 0.05) is 45.2 Å². The SMILES string of the molecule is c1ccc(-c2cc(-c3ccccc3)cc(-c3cnc(-n4c5ccccc5c5c4ccc4c6cc7ccccc7cc6n(-c6ccccc6)c45)nc3)c2)cc1. The fraction of sp³-hybridized carbons (Fsp3) is 0. The van der Waals surface area contributed by atoms with Crippen molar-refractivity contribution in [1.29, 1.82) is 0 Å². The largest absolute Gasteiger partial charge is 0.309 e. The molecular formula is C50H32N4. The van der Waals surface area contributed by atoms with E-state index in [4.69, 9.17) is 9.97 Å². The van der Waals surface area contributed by atoms with Crippen molar-refractivity contribution in [3.63, 3.8) is 0 Å². The molecule has 0 aliphatic heterocycles. The Kier molecular flexibility index (Phi) is 6.82. The van der Waals surface area contributed by atoms with Gasteiger partial charge in [-0.1, -0.05) is 127 Å². The summed E-state index contributed by atoms with van der Waals surface area (Å²) in [6.45, 7) is 0. The summed E-state index contributed by atoms with van der Waals surface area (Å²) in [6.07, 6.45) is 3.93. The Hall–Kier alpha value is -7.30. The molecule has 0 saturated heterocycles. The Balaban J connectivity index is 1.13. The highest BCUT2D eigenvalue weighted by Gasteiger charge is 2.22. The molecule has 0 N–H and O–H groups in total. The number of para-hydroxylation sites is 2. The zero-order chi connectivity index (χ0) is 35.6. The molecule has 4 heteroatoms. The quantitative estimate of drug-likeness (QED) is 0.180. The van der Waals surface area contributed by atoms with Crippen LogP contribution < -0.4 is 0 Å². The smallest absolute Gasteiger partial charge is 0.234 e. The van der Waals surface area contributed by atoms with Gasteiger partial charge in [0.05, 0.1) is 22.1 Å². The second-order valence-electron chi connectivity index (χ2n) is 13.9. The van der Waals surface area contributed by atoms with Crippen LogP contribution in [0.5, 0.6) is 0 Å². The van der Waals surface area contributed by atoms with E-state index in [0.717, 1.165) is 39.0 Å². The zero-order valence-electron chi connectivity index (χ0n) is 29.3. The molecule has 8 aromatic carbocycles. The van der Waals surface area contributed by atoms with Crippen LogP contribution in [0, 0.1) is 0 Å². The molecule has 0 aliphatic rings. The number of nitrogens with zero attached hydrogens (tertiary/aromatic N) is 4. The van der Waals surface area contributed by atoms with Gasteiger partial charge in [-0.25, -0.2) is 9.97 Å². The van der Waals surface area contributed by atoms with E-state index < -0.39 is 0 Å². The van der Waals surface area contributed by atoms with Crippen LogP contribution in [-0.2, 0) is 0 Å². The first-order valence-corrected chi connectivity index (χ1v) is 18.3. The van der Waals surface area contributed by atoms with Crippen LogP contribution in [0.4, 0.5) is 0 Å². The van der Waals surface area contributed by atoms with Crippen LogP contribution in [0.3, 0.4) is 0 Å². The highest BCUT2D eigenvalue weighted by Crippen LogP contribution is 2.43. The van der Waals surface area contributed by atoms with Gasteiger partial charge in [-0.2, -0.15) is 0 Å². The van der Waals surface area contributed by atoms with E-state index in [0.29, 0.717) is 5.95 Å². The summed E-state index contributed by atoms with van der Waals surface area (Å²) < 4.78 is 4.65. The van der Waals surface area contributed by atoms with E-state index in [-0.39, 0.29) is 0 Å². The number of rotatable bonds is 5. The number of hydrogen-bond donors (Lipinski definition) is 0. The lowest BCUT2D eigenvalue weighted by Crippen LogP contribution is -2.01. The lowest BCUT2D eigenvalue weighted by atomic mass is 9.94. The molecule has 0 amide bonds. The summed E-state index contributed by atoms with van der Waals surface area (Å²) in [5.74, 6) is 0.639. The second kappa shape index (κ2) is 12.1. The monoisotopic (exact) mass is 688 g/mol. The van der Waals surface area contributed by atoms with Crippen molar-refractivity contribution in [2.24, 2.45) is 0 Å². The van der Waals surface area contributed by atoms with Gasteiger partial charge in [0.25, 0.3) is 0 Å². The highest BCUT2D eigenvalue weighted by molar-refractivity contribution is 6.27. The zero-order valence-corrected chi connectivity index (χ0v) is 29.3. The summed E-state index contributed by atoms with van der Waals surface area (Å²) in [7, 11) is 0. The second-order valence-corrected chi connectivity index (χ2v) is 13.9. The van der Waals surface area contributed by atoms with Crippen molar-refractivity contribution in [2.45, 2.75) is 0 Å². The first-order valence-electron chi connectivity index (χ1n) is 18.3. The van der Waals surface area contributed by atoms with Gasteiger partial charge >= 0.3 is 0 Å². The number of aromatic nitrogens is 4. The molecule has 0 fully saturated rings. The van der Waals surface area contributed by atoms with Crippen molar-refractivity contribution in [3.05, 3.63) is 194 Å². The molecule has 3 aromatic heterocycles. The molecule has 3 heterocycles. The van der Waals surface area contributed by atoms with Gasteiger partial charge in [-0.05, 0) is 93.2 Å². The number of benzene rings is 8. The molecule has 0 radical (unpaired) electrons. The Labute approximate surface area is 311 Å². The van der Waals surface area contributed by atoms with Crippen LogP contribution in [0.2, 0.25) is 0 Å². The molecule has 0 atom stereocenters. The molecular weight excluding hydrogens is 657 g/mol. The van der Waals surface area contributed by atoms with Crippen LogP contribution >= 0.6 is 0 Å². The van der Waals surface area contributed by atoms with Gasteiger partial charge in [-0.15, -0.1) is 0 Å². The summed E-state index contributed by atoms with van der Waals surface area (Å²) in [4.78, 5) is 10.2. The Morgan fingerprint density at radius 3 is 1.56 bits per heavy atom. The lowest BCUT2D eigenvalue weighted by molar-refractivity contribution is 0.990. The standard InChI is InChI=1S/C50H32N4/c1-4-14-33(15-5-1)37-26-38(34-16-6-2-7-17-34)28-39(27-37)40-31-51-50(52-32-40)54-45-23-13-12-22-43(45)48-46(54)25-24-42-44-29-35-18-10-11-19-36(35)30-47(44)53(49(42)48)41-20-8-3-9-21-41/h1-32H. The van der Waals surface area contributed by atoms with E-state index in [1.807, 2.05) is 12.4 Å². The fourth-order valence-corrected chi connectivity index (χ4v) is 8.28. The highest BCUT2D eigenvalue weighted by atomic mass is 15.2. The fourth-order valence-electron chi connectivity index (χ4n) is 8.28. The maximum atomic E-state index is 5.09. The summed E-state index contributed by atoms with van der Waals surface area (Å²) in [5, 5.41) is 7.26. The first-order chi connectivity index (χ1) is 26.8. The minimum Gasteiger partial charge on any atom is -0.309 e. The van der Waals surface area contributed by atoms with Crippen molar-refractivity contribution in [1.82, 2.24) is 19.1 Å². The van der Waals surface area contributed by atoms with Crippen LogP contribution in [0.15, 0.2) is 194 Å². The van der Waals surface area contributed by atoms with Gasteiger partial charge in [0.2, 0.25) is 5.95 Å². The van der Waals surface area contributed by atoms with Crippen LogP contribution in [0.1, 0.15) is 0 Å². The average Bonchev–Trinajstić information content (AvgIpc) is 3.76. The third kappa shape index (κ3) is 4.78. The summed E-state index contributed by atoms with van der Waals surface area (Å²) >= 11 is 0. The van der Waals surface area contributed by atoms with Gasteiger partial charge in [-0.3, -0.25) is 4.57 Å². The summed E-state index contributed by atoms with van der Waals surface area (Å²) in [5.41, 5.74) is 12.3. The van der Waals surface area contributed by atoms with Crippen molar-refractivity contribution in [3.8, 4) is 45.0 Å². The minimum atomic E-state index is 0.639. The van der Waals surface area contributed by atoms with E-state index in [9.17, 15) is 0 Å².